The van der Waals surface area contributed by atoms with Crippen LogP contribution < -0.4 is 20.3 Å². The second-order valence-corrected chi connectivity index (χ2v) is 9.99. The third-order valence-corrected chi connectivity index (χ3v) is 7.53. The average Bonchev–Trinajstić information content (AvgIpc) is 2.91. The number of nitrogens with one attached hydrogen (secondary N) is 2. The molecular weight excluding hydrogens is 482 g/mol. The zero-order valence-electron chi connectivity index (χ0n) is 19.8. The van der Waals surface area contributed by atoms with Crippen molar-refractivity contribution in [2.24, 2.45) is 0 Å². The van der Waals surface area contributed by atoms with E-state index in [-0.39, 0.29) is 17.1 Å². The molecule has 0 unspecified atom stereocenters. The van der Waals surface area contributed by atoms with Crippen LogP contribution in [0, 0.1) is 0 Å². The molecule has 9 nitrogen and oxygen atoms in total. The van der Waals surface area contributed by atoms with E-state index < -0.39 is 21.8 Å². The molecule has 2 N–H and O–H groups in total. The van der Waals surface area contributed by atoms with Gasteiger partial charge in [0.2, 0.25) is 10.0 Å². The monoisotopic (exact) mass is 509 g/mol. The van der Waals surface area contributed by atoms with Crippen molar-refractivity contribution in [3.05, 3.63) is 89.5 Å². The molecule has 188 valence electrons. The van der Waals surface area contributed by atoms with Gasteiger partial charge in [-0.1, -0.05) is 36.4 Å². The topological polar surface area (TPSA) is 114 Å². The van der Waals surface area contributed by atoms with E-state index in [1.807, 2.05) is 31.2 Å². The molecule has 0 saturated carbocycles. The number of sulfonamides is 1. The third kappa shape index (κ3) is 5.84. The van der Waals surface area contributed by atoms with Crippen LogP contribution >= 0.6 is 0 Å². The maximum atomic E-state index is 13.1. The lowest BCUT2D eigenvalue weighted by atomic mass is 10.0. The first-order chi connectivity index (χ1) is 17.4. The van der Waals surface area contributed by atoms with Crippen LogP contribution in [0.5, 0.6) is 11.5 Å². The van der Waals surface area contributed by atoms with Crippen LogP contribution in [0.15, 0.2) is 77.7 Å². The number of carbonyl (C=O) groups excluding carboxylic acids is 2. The van der Waals surface area contributed by atoms with Crippen molar-refractivity contribution in [3.8, 4) is 11.5 Å². The molecule has 0 radical (unpaired) electrons. The van der Waals surface area contributed by atoms with Gasteiger partial charge in [-0.2, -0.15) is 4.31 Å². The van der Waals surface area contributed by atoms with E-state index in [0.29, 0.717) is 37.6 Å². The van der Waals surface area contributed by atoms with E-state index in [4.69, 9.17) is 9.47 Å². The van der Waals surface area contributed by atoms with Crippen LogP contribution in [-0.4, -0.2) is 44.3 Å². The summed E-state index contributed by atoms with van der Waals surface area (Å²) in [7, 11) is -3.71. The molecular formula is C26H27N3O6S. The highest BCUT2D eigenvalue weighted by Gasteiger charge is 2.28. The first-order valence-corrected chi connectivity index (χ1v) is 12.9. The Morgan fingerprint density at radius 2 is 1.50 bits per heavy atom. The van der Waals surface area contributed by atoms with Gasteiger partial charge in [-0.25, -0.2) is 8.42 Å². The molecule has 0 fully saturated rings. The number of nitrogens with zero attached hydrogens (tertiary/aromatic N) is 1. The molecule has 0 aromatic heterocycles. The normalized spacial score (nSPS) is 13.4. The number of para-hydroxylation sites is 2. The number of amides is 2. The van der Waals surface area contributed by atoms with Crippen molar-refractivity contribution in [1.82, 2.24) is 15.2 Å². The molecule has 1 aliphatic rings. The van der Waals surface area contributed by atoms with Gasteiger partial charge in [0.15, 0.2) is 18.1 Å². The molecule has 0 saturated heterocycles. The van der Waals surface area contributed by atoms with Gasteiger partial charge in [-0.3, -0.25) is 20.4 Å². The summed E-state index contributed by atoms with van der Waals surface area (Å²) in [6.07, 6.45) is 0.649. The molecule has 0 atom stereocenters. The average molecular weight is 510 g/mol. The Bertz CT molecular complexity index is 1340. The zero-order chi connectivity index (χ0) is 25.5. The molecule has 2 amide bonds. The van der Waals surface area contributed by atoms with Crippen LogP contribution in [0.2, 0.25) is 0 Å². The Balaban J connectivity index is 1.31. The van der Waals surface area contributed by atoms with Crippen LogP contribution in [0.4, 0.5) is 0 Å². The van der Waals surface area contributed by atoms with Crippen molar-refractivity contribution in [1.29, 1.82) is 0 Å². The fraction of sp³-hybridized carbons (Fsp3) is 0.231. The van der Waals surface area contributed by atoms with Crippen molar-refractivity contribution < 1.29 is 27.5 Å². The standard InChI is InChI=1S/C26H27N3O6S/c1-2-34-23-9-5-6-10-24(23)35-18-25(30)27-28-26(31)20-11-13-22(14-12-20)36(32,33)29-16-15-19-7-3-4-8-21(19)17-29/h3-14H,2,15-18H2,1H3,(H,27,30)(H,28,31). The number of hydrazine groups is 1. The summed E-state index contributed by atoms with van der Waals surface area (Å²) in [6, 6.07) is 20.3. The molecule has 1 aliphatic heterocycles. The Labute approximate surface area is 210 Å². The number of hydrogen-bond acceptors (Lipinski definition) is 6. The Kier molecular flexibility index (Phi) is 7.87. The Morgan fingerprint density at radius 3 is 2.19 bits per heavy atom. The number of ether oxygens (including phenoxy) is 2. The summed E-state index contributed by atoms with van der Waals surface area (Å²) in [5.41, 5.74) is 6.92. The third-order valence-electron chi connectivity index (χ3n) is 5.67. The van der Waals surface area contributed by atoms with Crippen molar-refractivity contribution in [3.63, 3.8) is 0 Å². The summed E-state index contributed by atoms with van der Waals surface area (Å²) in [6.45, 7) is 2.66. The van der Waals surface area contributed by atoms with Crippen LogP contribution in [0.1, 0.15) is 28.4 Å². The Morgan fingerprint density at radius 1 is 0.861 bits per heavy atom. The number of carbonyl (C=O) groups is 2. The van der Waals surface area contributed by atoms with Crippen LogP contribution in [0.3, 0.4) is 0 Å². The van der Waals surface area contributed by atoms with E-state index in [9.17, 15) is 18.0 Å². The van der Waals surface area contributed by atoms with Gasteiger partial charge < -0.3 is 9.47 Å². The van der Waals surface area contributed by atoms with Crippen molar-refractivity contribution in [2.45, 2.75) is 24.8 Å². The lowest BCUT2D eigenvalue weighted by molar-refractivity contribution is -0.123. The van der Waals surface area contributed by atoms with Gasteiger partial charge in [-0.05, 0) is 60.9 Å². The molecule has 0 bridgehead atoms. The molecule has 3 aromatic carbocycles. The second kappa shape index (κ2) is 11.2. The second-order valence-electron chi connectivity index (χ2n) is 8.05. The van der Waals surface area contributed by atoms with Crippen LogP contribution in [0.25, 0.3) is 0 Å². The van der Waals surface area contributed by atoms with E-state index >= 15 is 0 Å². The molecule has 0 aliphatic carbocycles. The van der Waals surface area contributed by atoms with Crippen LogP contribution in [-0.2, 0) is 27.8 Å². The number of hydrogen-bond donors (Lipinski definition) is 2. The largest absolute Gasteiger partial charge is 0.490 e. The van der Waals surface area contributed by atoms with E-state index in [2.05, 4.69) is 10.9 Å². The van der Waals surface area contributed by atoms with Gasteiger partial charge in [-0.15, -0.1) is 0 Å². The first-order valence-electron chi connectivity index (χ1n) is 11.5. The number of rotatable bonds is 8. The quantitative estimate of drug-likeness (QED) is 0.452. The first kappa shape index (κ1) is 25.2. The minimum atomic E-state index is -3.71. The van der Waals surface area contributed by atoms with E-state index in [0.717, 1.165) is 11.1 Å². The summed E-state index contributed by atoms with van der Waals surface area (Å²) in [4.78, 5) is 24.6. The summed E-state index contributed by atoms with van der Waals surface area (Å²) < 4.78 is 38.5. The maximum absolute atomic E-state index is 13.1. The molecule has 1 heterocycles. The molecule has 4 rings (SSSR count). The molecule has 0 spiro atoms. The van der Waals surface area contributed by atoms with Crippen molar-refractivity contribution in [2.75, 3.05) is 19.8 Å². The lowest BCUT2D eigenvalue weighted by Crippen LogP contribution is -2.43. The zero-order valence-corrected chi connectivity index (χ0v) is 20.6. The maximum Gasteiger partial charge on any atom is 0.276 e. The van der Waals surface area contributed by atoms with E-state index in [1.165, 1.54) is 28.6 Å². The smallest absolute Gasteiger partial charge is 0.276 e. The van der Waals surface area contributed by atoms with Crippen molar-refractivity contribution >= 4 is 21.8 Å². The van der Waals surface area contributed by atoms with E-state index in [1.54, 1.807) is 24.3 Å². The summed E-state index contributed by atoms with van der Waals surface area (Å²) >= 11 is 0. The number of benzene rings is 3. The molecule has 3 aromatic rings. The van der Waals surface area contributed by atoms with Gasteiger partial charge in [0.05, 0.1) is 11.5 Å². The predicted molar refractivity (Wildman–Crippen MR) is 133 cm³/mol. The highest BCUT2D eigenvalue weighted by atomic mass is 32.2. The minimum absolute atomic E-state index is 0.101. The fourth-order valence-corrected chi connectivity index (χ4v) is 5.24. The van der Waals surface area contributed by atoms with Gasteiger partial charge >= 0.3 is 0 Å². The lowest BCUT2D eigenvalue weighted by Gasteiger charge is -2.28. The molecule has 36 heavy (non-hydrogen) atoms. The summed E-state index contributed by atoms with van der Waals surface area (Å²) in [5, 5.41) is 0. The van der Waals surface area contributed by atoms with Gasteiger partial charge in [0, 0.05) is 18.7 Å². The summed E-state index contributed by atoms with van der Waals surface area (Å²) in [5.74, 6) is -0.233. The van der Waals surface area contributed by atoms with Gasteiger partial charge in [0.1, 0.15) is 0 Å². The fourth-order valence-electron chi connectivity index (χ4n) is 3.82. The Hall–Kier alpha value is -3.89. The number of fused-ring (bicyclic) bond motifs is 1. The highest BCUT2D eigenvalue weighted by Crippen LogP contribution is 2.26. The SMILES string of the molecule is CCOc1ccccc1OCC(=O)NNC(=O)c1ccc(S(=O)(=O)N2CCc3ccccc3C2)cc1. The minimum Gasteiger partial charge on any atom is -0.490 e. The highest BCUT2D eigenvalue weighted by molar-refractivity contribution is 7.89. The predicted octanol–water partition coefficient (Wildman–Crippen LogP) is 2.67. The molecule has 10 heteroatoms. The van der Waals surface area contributed by atoms with Gasteiger partial charge in [0.25, 0.3) is 11.8 Å².